The van der Waals surface area contributed by atoms with Gasteiger partial charge in [-0.15, -0.1) is 0 Å². The van der Waals surface area contributed by atoms with Crippen LogP contribution in [-0.2, 0) is 0 Å². The lowest BCUT2D eigenvalue weighted by Crippen LogP contribution is -2.43. The van der Waals surface area contributed by atoms with E-state index in [0.717, 1.165) is 11.4 Å². The molecule has 0 bridgehead atoms. The maximum atomic E-state index is 11.7. The lowest BCUT2D eigenvalue weighted by Gasteiger charge is -2.20. The van der Waals surface area contributed by atoms with Crippen LogP contribution in [0.2, 0.25) is 0 Å². The second kappa shape index (κ2) is 5.09. The maximum absolute atomic E-state index is 11.7. The third-order valence-corrected chi connectivity index (χ3v) is 2.26. The lowest BCUT2D eigenvalue weighted by atomic mass is 10.1. The molecule has 0 radical (unpaired) electrons. The van der Waals surface area contributed by atoms with Crippen molar-refractivity contribution < 1.29 is 4.79 Å². The largest absolute Gasteiger partial charge is 0.333 e. The smallest absolute Gasteiger partial charge is 0.319 e. The number of anilines is 1. The van der Waals surface area contributed by atoms with Gasteiger partial charge in [-0.2, -0.15) is 15.0 Å². The fourth-order valence-electron chi connectivity index (χ4n) is 1.53. The molecule has 0 aliphatic rings. The average molecular weight is 259 g/mol. The summed E-state index contributed by atoms with van der Waals surface area (Å²) in [5.74, 6) is 0. The molecule has 0 saturated carbocycles. The van der Waals surface area contributed by atoms with Gasteiger partial charge in [-0.3, -0.25) is 0 Å². The first-order valence-electron chi connectivity index (χ1n) is 6.00. The third-order valence-electron chi connectivity index (χ3n) is 2.26. The van der Waals surface area contributed by atoms with E-state index in [0.29, 0.717) is 0 Å². The maximum Gasteiger partial charge on any atom is 0.319 e. The van der Waals surface area contributed by atoms with Gasteiger partial charge >= 0.3 is 6.03 Å². The highest BCUT2D eigenvalue weighted by molar-refractivity contribution is 5.89. The molecule has 6 nitrogen and oxygen atoms in total. The Hall–Kier alpha value is -2.37. The van der Waals surface area contributed by atoms with Crippen LogP contribution in [0.15, 0.2) is 36.7 Å². The molecule has 6 heteroatoms. The number of aromatic nitrogens is 3. The van der Waals surface area contributed by atoms with Gasteiger partial charge in [0.25, 0.3) is 0 Å². The first-order chi connectivity index (χ1) is 8.94. The Morgan fingerprint density at radius 1 is 1.11 bits per heavy atom. The molecule has 0 aliphatic heterocycles. The highest BCUT2D eigenvalue weighted by Gasteiger charge is 2.13. The van der Waals surface area contributed by atoms with Crippen LogP contribution in [0, 0.1) is 0 Å². The van der Waals surface area contributed by atoms with E-state index >= 15 is 0 Å². The molecule has 100 valence electrons. The average Bonchev–Trinajstić information content (AvgIpc) is 2.80. The van der Waals surface area contributed by atoms with Crippen LogP contribution in [0.25, 0.3) is 5.69 Å². The number of rotatable bonds is 2. The molecule has 0 spiro atoms. The molecule has 0 fully saturated rings. The summed E-state index contributed by atoms with van der Waals surface area (Å²) in [7, 11) is 0. The van der Waals surface area contributed by atoms with Gasteiger partial charge in [0.15, 0.2) is 0 Å². The van der Waals surface area contributed by atoms with E-state index < -0.39 is 0 Å². The molecule has 0 unspecified atom stereocenters. The summed E-state index contributed by atoms with van der Waals surface area (Å²) in [6, 6.07) is 7.07. The highest BCUT2D eigenvalue weighted by atomic mass is 16.2. The van der Waals surface area contributed by atoms with Crippen LogP contribution < -0.4 is 10.6 Å². The van der Waals surface area contributed by atoms with E-state index in [2.05, 4.69) is 20.8 Å². The third kappa shape index (κ3) is 3.80. The molecule has 0 saturated heterocycles. The minimum atomic E-state index is -0.261. The van der Waals surface area contributed by atoms with Crippen LogP contribution in [0.1, 0.15) is 20.8 Å². The van der Waals surface area contributed by atoms with Gasteiger partial charge in [0, 0.05) is 11.2 Å². The number of carbonyl (C=O) groups excluding carboxylic acids is 1. The lowest BCUT2D eigenvalue weighted by molar-refractivity contribution is 0.244. The Morgan fingerprint density at radius 2 is 1.68 bits per heavy atom. The molecule has 2 N–H and O–H groups in total. The second-order valence-electron chi connectivity index (χ2n) is 5.19. The predicted octanol–water partition coefficient (Wildman–Crippen LogP) is 2.19. The van der Waals surface area contributed by atoms with Gasteiger partial charge in [-0.05, 0) is 45.0 Å². The zero-order valence-corrected chi connectivity index (χ0v) is 11.2. The topological polar surface area (TPSA) is 71.8 Å². The molecule has 19 heavy (non-hydrogen) atoms. The van der Waals surface area contributed by atoms with E-state index in [1.807, 2.05) is 32.9 Å². The van der Waals surface area contributed by atoms with Gasteiger partial charge in [0.05, 0.1) is 18.1 Å². The van der Waals surface area contributed by atoms with Crippen molar-refractivity contribution >= 4 is 11.7 Å². The van der Waals surface area contributed by atoms with E-state index in [4.69, 9.17) is 0 Å². The zero-order valence-electron chi connectivity index (χ0n) is 11.2. The molecule has 0 atom stereocenters. The van der Waals surface area contributed by atoms with Gasteiger partial charge < -0.3 is 10.6 Å². The summed E-state index contributed by atoms with van der Waals surface area (Å²) in [5.41, 5.74) is 1.30. The van der Waals surface area contributed by atoms with Crippen molar-refractivity contribution in [1.82, 2.24) is 20.3 Å². The summed E-state index contributed by atoms with van der Waals surface area (Å²) in [4.78, 5) is 13.2. The Bertz CT molecular complexity index is 539. The summed E-state index contributed by atoms with van der Waals surface area (Å²) in [5, 5.41) is 13.7. The van der Waals surface area contributed by atoms with E-state index in [-0.39, 0.29) is 11.6 Å². The summed E-state index contributed by atoms with van der Waals surface area (Å²) in [6.45, 7) is 5.79. The number of benzene rings is 1. The van der Waals surface area contributed by atoms with Crippen molar-refractivity contribution in [2.45, 2.75) is 26.3 Å². The fraction of sp³-hybridized carbons (Fsp3) is 0.308. The predicted molar refractivity (Wildman–Crippen MR) is 73.3 cm³/mol. The molecule has 1 heterocycles. The molecule has 2 aromatic rings. The number of nitrogens with zero attached hydrogens (tertiary/aromatic N) is 3. The minimum Gasteiger partial charge on any atom is -0.333 e. The quantitative estimate of drug-likeness (QED) is 0.868. The van der Waals surface area contributed by atoms with Gasteiger partial charge in [0.2, 0.25) is 0 Å². The van der Waals surface area contributed by atoms with E-state index in [1.165, 1.54) is 4.80 Å². The van der Waals surface area contributed by atoms with Crippen LogP contribution in [0.5, 0.6) is 0 Å². The number of nitrogens with one attached hydrogen (secondary N) is 2. The molecule has 2 amide bonds. The van der Waals surface area contributed by atoms with Gasteiger partial charge in [0.1, 0.15) is 0 Å². The highest BCUT2D eigenvalue weighted by Crippen LogP contribution is 2.12. The summed E-state index contributed by atoms with van der Waals surface area (Å²) < 4.78 is 0. The van der Waals surface area contributed by atoms with Crippen molar-refractivity contribution in [1.29, 1.82) is 0 Å². The zero-order chi connectivity index (χ0) is 13.9. The monoisotopic (exact) mass is 259 g/mol. The molecule has 1 aromatic heterocycles. The number of hydrogen-bond acceptors (Lipinski definition) is 3. The fourth-order valence-corrected chi connectivity index (χ4v) is 1.53. The summed E-state index contributed by atoms with van der Waals surface area (Å²) in [6.07, 6.45) is 3.23. The first kappa shape index (κ1) is 13.1. The van der Waals surface area contributed by atoms with Crippen molar-refractivity contribution in [3.05, 3.63) is 36.7 Å². The first-order valence-corrected chi connectivity index (χ1v) is 6.00. The van der Waals surface area contributed by atoms with Crippen LogP contribution in [0.3, 0.4) is 0 Å². The number of carbonyl (C=O) groups is 1. The molecular weight excluding hydrogens is 242 g/mol. The Kier molecular flexibility index (Phi) is 3.50. The van der Waals surface area contributed by atoms with Crippen molar-refractivity contribution in [3.8, 4) is 5.69 Å². The van der Waals surface area contributed by atoms with Crippen molar-refractivity contribution in [2.24, 2.45) is 0 Å². The number of hydrogen-bond donors (Lipinski definition) is 2. The number of amides is 2. The van der Waals surface area contributed by atoms with Crippen LogP contribution >= 0.6 is 0 Å². The molecular formula is C13H17N5O. The minimum absolute atomic E-state index is 0.225. The molecule has 0 aliphatic carbocycles. The second-order valence-corrected chi connectivity index (χ2v) is 5.19. The van der Waals surface area contributed by atoms with E-state index in [9.17, 15) is 4.79 Å². The van der Waals surface area contributed by atoms with Gasteiger partial charge in [-0.1, -0.05) is 0 Å². The number of urea groups is 1. The van der Waals surface area contributed by atoms with E-state index in [1.54, 1.807) is 24.5 Å². The van der Waals surface area contributed by atoms with Gasteiger partial charge in [-0.25, -0.2) is 4.79 Å². The Balaban J connectivity index is 2.01. The normalized spacial score (nSPS) is 11.1. The Morgan fingerprint density at radius 3 is 2.21 bits per heavy atom. The van der Waals surface area contributed by atoms with Crippen molar-refractivity contribution in [2.75, 3.05) is 5.32 Å². The van der Waals surface area contributed by atoms with Crippen LogP contribution in [0.4, 0.5) is 10.5 Å². The molecule has 2 rings (SSSR count). The van der Waals surface area contributed by atoms with Crippen LogP contribution in [-0.4, -0.2) is 26.6 Å². The van der Waals surface area contributed by atoms with Crippen molar-refractivity contribution in [3.63, 3.8) is 0 Å². The molecule has 1 aromatic carbocycles. The Labute approximate surface area is 111 Å². The summed E-state index contributed by atoms with van der Waals surface area (Å²) >= 11 is 0. The SMILES string of the molecule is CC(C)(C)NC(=O)Nc1ccc(-n2nccn2)cc1. The standard InChI is InChI=1S/C13H17N5O/c1-13(2,3)17-12(19)16-10-4-6-11(7-5-10)18-14-8-9-15-18/h4-9H,1-3H3,(H2,16,17,19).